The molecule has 0 fully saturated rings. The largest absolute Gasteiger partial charge is 0.430 e. The smallest absolute Gasteiger partial charge is 0.246 e. The Morgan fingerprint density at radius 2 is 2.10 bits per heavy atom. The van der Waals surface area contributed by atoms with Crippen molar-refractivity contribution in [2.75, 3.05) is 6.61 Å². The van der Waals surface area contributed by atoms with Gasteiger partial charge in [0.25, 0.3) is 0 Å². The van der Waals surface area contributed by atoms with Gasteiger partial charge in [0.05, 0.1) is 6.61 Å². The summed E-state index contributed by atoms with van der Waals surface area (Å²) >= 11 is 0. The Kier molecular flexibility index (Phi) is 4.50. The molecule has 0 rings (SSSR count). The van der Waals surface area contributed by atoms with E-state index in [2.05, 4.69) is 8.57 Å². The van der Waals surface area contributed by atoms with Gasteiger partial charge in [0.15, 0.2) is 0 Å². The first kappa shape index (κ1) is 9.80. The minimum Gasteiger partial charge on any atom is -0.246 e. The third-order valence-corrected chi connectivity index (χ3v) is 1.41. The molecule has 0 N–H and O–H groups in total. The molecule has 0 heterocycles. The molecule has 0 aliphatic rings. The van der Waals surface area contributed by atoms with Gasteiger partial charge in [0.1, 0.15) is 0 Å². The van der Waals surface area contributed by atoms with Gasteiger partial charge in [-0.25, -0.2) is 4.18 Å². The van der Waals surface area contributed by atoms with E-state index in [0.717, 1.165) is 6.42 Å². The van der Waals surface area contributed by atoms with Crippen LogP contribution in [0, 0.1) is 0 Å². The van der Waals surface area contributed by atoms with E-state index in [4.69, 9.17) is 0 Å². The third-order valence-electron chi connectivity index (χ3n) is 0.803. The molecule has 0 aromatic rings. The summed E-state index contributed by atoms with van der Waals surface area (Å²) in [5, 5.41) is 0. The molecule has 0 saturated heterocycles. The summed E-state index contributed by atoms with van der Waals surface area (Å²) in [4.78, 5) is 0. The molecule has 0 unspecified atom stereocenters. The van der Waals surface area contributed by atoms with Crippen LogP contribution in [0.2, 0.25) is 0 Å². The highest BCUT2D eigenvalue weighted by molar-refractivity contribution is 7.81. The zero-order valence-electron chi connectivity index (χ0n) is 5.54. The highest BCUT2D eigenvalue weighted by Crippen LogP contribution is 1.98. The summed E-state index contributed by atoms with van der Waals surface area (Å²) < 4.78 is 37.6. The topological polar surface area (TPSA) is 52.6 Å². The van der Waals surface area contributed by atoms with Crippen LogP contribution in [0.5, 0.6) is 0 Å². The summed E-state index contributed by atoms with van der Waals surface area (Å²) in [5.74, 6) is 0. The summed E-state index contributed by atoms with van der Waals surface area (Å²) in [6, 6.07) is 0. The van der Waals surface area contributed by atoms with Crippen LogP contribution < -0.4 is 0 Å². The monoisotopic (exact) mass is 172 g/mol. The molecule has 0 saturated carbocycles. The maximum Gasteiger partial charge on any atom is 0.430 e. The number of unbranched alkanes of at least 4 members (excludes halogenated alkanes) is 1. The lowest BCUT2D eigenvalue weighted by Crippen LogP contribution is -2.06. The van der Waals surface area contributed by atoms with Crippen molar-refractivity contribution in [1.82, 2.24) is 0 Å². The van der Waals surface area contributed by atoms with Crippen LogP contribution in [-0.4, -0.2) is 15.0 Å². The third kappa shape index (κ3) is 4.66. The molecule has 0 aromatic heterocycles. The van der Waals surface area contributed by atoms with E-state index in [1.54, 1.807) is 0 Å². The second kappa shape index (κ2) is 4.59. The average molecular weight is 172 g/mol. The fourth-order valence-corrected chi connectivity index (χ4v) is 0.682. The maximum absolute atomic E-state index is 11.0. The predicted molar refractivity (Wildman–Crippen MR) is 32.0 cm³/mol. The first-order valence-corrected chi connectivity index (χ1v) is 4.15. The quantitative estimate of drug-likeness (QED) is 0.579. The molecular weight excluding hydrogens is 163 g/mol. The van der Waals surface area contributed by atoms with Crippen molar-refractivity contribution in [3.05, 3.63) is 0 Å². The summed E-state index contributed by atoms with van der Waals surface area (Å²) in [7, 11) is -4.36. The van der Waals surface area contributed by atoms with Gasteiger partial charge in [-0.2, -0.15) is 8.42 Å². The zero-order chi connectivity index (χ0) is 8.04. The minimum absolute atomic E-state index is 0.0389. The van der Waals surface area contributed by atoms with Crippen molar-refractivity contribution in [2.45, 2.75) is 19.8 Å². The van der Waals surface area contributed by atoms with Crippen LogP contribution in [0.25, 0.3) is 0 Å². The maximum atomic E-state index is 11.0. The number of rotatable bonds is 5. The second-order valence-electron chi connectivity index (χ2n) is 1.65. The summed E-state index contributed by atoms with van der Waals surface area (Å²) in [6.45, 7) is 1.81. The van der Waals surface area contributed by atoms with Gasteiger partial charge < -0.3 is 0 Å². The standard InChI is InChI=1S/C4H9FO4S/c1-2-3-4-8-10(6,7)9-5/h2-4H2,1H3. The van der Waals surface area contributed by atoms with E-state index in [1.807, 2.05) is 6.92 Å². The van der Waals surface area contributed by atoms with Crippen LogP contribution >= 0.6 is 0 Å². The summed E-state index contributed by atoms with van der Waals surface area (Å²) in [5.41, 5.74) is 0. The lowest BCUT2D eigenvalue weighted by molar-refractivity contribution is -0.0183. The Balaban J connectivity index is 3.49. The van der Waals surface area contributed by atoms with Crippen molar-refractivity contribution in [3.8, 4) is 0 Å². The van der Waals surface area contributed by atoms with Gasteiger partial charge in [-0.15, -0.1) is 0 Å². The van der Waals surface area contributed by atoms with E-state index in [1.165, 1.54) is 0 Å². The molecule has 6 heteroatoms. The fraction of sp³-hybridized carbons (Fsp3) is 1.00. The first-order chi connectivity index (χ1) is 4.62. The molecule has 62 valence electrons. The van der Waals surface area contributed by atoms with E-state index < -0.39 is 10.4 Å². The highest BCUT2D eigenvalue weighted by Gasteiger charge is 2.10. The average Bonchev–Trinajstić information content (AvgIpc) is 1.89. The Labute approximate surface area is 59.2 Å². The molecule has 0 radical (unpaired) electrons. The molecule has 0 spiro atoms. The Morgan fingerprint density at radius 3 is 2.50 bits per heavy atom. The van der Waals surface area contributed by atoms with E-state index in [-0.39, 0.29) is 6.61 Å². The Morgan fingerprint density at radius 1 is 1.50 bits per heavy atom. The first-order valence-electron chi connectivity index (χ1n) is 2.82. The molecule has 0 atom stereocenters. The molecule has 10 heavy (non-hydrogen) atoms. The van der Waals surface area contributed by atoms with Crippen molar-refractivity contribution in [2.24, 2.45) is 0 Å². The molecule has 0 aliphatic carbocycles. The lowest BCUT2D eigenvalue weighted by atomic mass is 10.4. The van der Waals surface area contributed by atoms with Gasteiger partial charge in [-0.05, 0) is 15.3 Å². The molecule has 0 aromatic carbocycles. The minimum atomic E-state index is -4.36. The van der Waals surface area contributed by atoms with Crippen LogP contribution in [0.1, 0.15) is 19.8 Å². The fourth-order valence-electron chi connectivity index (χ4n) is 0.324. The Bertz CT molecular complexity index is 164. The summed E-state index contributed by atoms with van der Waals surface area (Å²) in [6.07, 6.45) is 1.34. The zero-order valence-corrected chi connectivity index (χ0v) is 6.36. The van der Waals surface area contributed by atoms with E-state index in [9.17, 15) is 12.9 Å². The van der Waals surface area contributed by atoms with Gasteiger partial charge >= 0.3 is 10.4 Å². The number of hydrogen-bond acceptors (Lipinski definition) is 4. The van der Waals surface area contributed by atoms with E-state index >= 15 is 0 Å². The Hall–Kier alpha value is -0.200. The van der Waals surface area contributed by atoms with Gasteiger partial charge in [-0.3, -0.25) is 0 Å². The van der Waals surface area contributed by atoms with E-state index in [0.29, 0.717) is 6.42 Å². The predicted octanol–water partition coefficient (Wildman–Crippen LogP) is 0.949. The van der Waals surface area contributed by atoms with Crippen molar-refractivity contribution in [3.63, 3.8) is 0 Å². The number of halogens is 1. The van der Waals surface area contributed by atoms with Crippen LogP contribution in [0.3, 0.4) is 0 Å². The molecule has 0 amide bonds. The van der Waals surface area contributed by atoms with Crippen LogP contribution in [0.4, 0.5) is 4.53 Å². The molecule has 0 aliphatic heterocycles. The highest BCUT2D eigenvalue weighted by atomic mass is 32.3. The van der Waals surface area contributed by atoms with Crippen molar-refractivity contribution in [1.29, 1.82) is 0 Å². The van der Waals surface area contributed by atoms with Crippen LogP contribution in [-0.2, 0) is 19.0 Å². The molecule has 4 nitrogen and oxygen atoms in total. The van der Waals surface area contributed by atoms with Gasteiger partial charge in [0.2, 0.25) is 0 Å². The van der Waals surface area contributed by atoms with Crippen LogP contribution in [0.15, 0.2) is 0 Å². The van der Waals surface area contributed by atoms with Crippen molar-refractivity contribution >= 4 is 10.4 Å². The SMILES string of the molecule is CCCCOS(=O)(=O)OF. The normalized spacial score (nSPS) is 11.8. The molecule has 0 bridgehead atoms. The van der Waals surface area contributed by atoms with Gasteiger partial charge in [-0.1, -0.05) is 13.3 Å². The van der Waals surface area contributed by atoms with Crippen molar-refractivity contribution < 1.29 is 21.5 Å². The lowest BCUT2D eigenvalue weighted by Gasteiger charge is -1.96. The van der Waals surface area contributed by atoms with Gasteiger partial charge in [0, 0.05) is 0 Å². The molecular formula is C4H9FO4S. The number of hydrogen-bond donors (Lipinski definition) is 0. The second-order valence-corrected chi connectivity index (χ2v) is 2.82.